The summed E-state index contributed by atoms with van der Waals surface area (Å²) in [6.07, 6.45) is 1.16. The first-order chi connectivity index (χ1) is 11.0. The van der Waals surface area contributed by atoms with E-state index in [1.165, 1.54) is 38.5 Å². The number of nitro groups is 1. The monoisotopic (exact) mass is 319 g/mol. The molecule has 2 aromatic rings. The number of carbonyl (C=O) groups excluding carboxylic acids is 1. The molecule has 0 bridgehead atoms. The first-order valence-corrected chi connectivity index (χ1v) is 6.34. The van der Waals surface area contributed by atoms with Crippen LogP contribution in [-0.4, -0.2) is 31.3 Å². The van der Waals surface area contributed by atoms with Crippen LogP contribution in [-0.2, 0) is 0 Å². The summed E-state index contributed by atoms with van der Waals surface area (Å²) in [6, 6.07) is 7.22. The van der Waals surface area contributed by atoms with E-state index >= 15 is 0 Å². The minimum Gasteiger partial charge on any atom is -0.497 e. The fraction of sp³-hybridized carbons (Fsp3) is 0.143. The predicted molar refractivity (Wildman–Crippen MR) is 80.0 cm³/mol. The molecule has 0 spiro atoms. The van der Waals surface area contributed by atoms with E-state index < -0.39 is 16.7 Å². The van der Waals surface area contributed by atoms with Gasteiger partial charge in [-0.15, -0.1) is 0 Å². The number of hydrogen-bond donors (Lipinski definition) is 1. The molecule has 23 heavy (non-hydrogen) atoms. The van der Waals surface area contributed by atoms with Crippen molar-refractivity contribution in [3.05, 3.63) is 51.8 Å². The Labute approximate surface area is 130 Å². The molecular formula is C14H13N3O6. The van der Waals surface area contributed by atoms with Gasteiger partial charge in [0, 0.05) is 11.6 Å². The van der Waals surface area contributed by atoms with Crippen molar-refractivity contribution in [2.45, 2.75) is 0 Å². The van der Waals surface area contributed by atoms with Crippen molar-refractivity contribution >= 4 is 18.0 Å². The summed E-state index contributed by atoms with van der Waals surface area (Å²) in [4.78, 5) is 21.8. The van der Waals surface area contributed by atoms with E-state index in [1.807, 2.05) is 0 Å². The molecule has 1 aromatic carbocycles. The topological polar surface area (TPSA) is 116 Å². The highest BCUT2D eigenvalue weighted by atomic mass is 16.6. The van der Waals surface area contributed by atoms with Gasteiger partial charge in [0.2, 0.25) is 0 Å². The Balaban J connectivity index is 2.06. The van der Waals surface area contributed by atoms with E-state index in [-0.39, 0.29) is 11.3 Å². The Kier molecular flexibility index (Phi) is 4.92. The third-order valence-corrected chi connectivity index (χ3v) is 2.76. The molecule has 0 unspecified atom stereocenters. The Morgan fingerprint density at radius 1 is 1.26 bits per heavy atom. The number of methoxy groups -OCH3 is 2. The quantitative estimate of drug-likeness (QED) is 0.494. The lowest BCUT2D eigenvalue weighted by Crippen LogP contribution is -2.17. The molecule has 2 rings (SSSR count). The Hall–Kier alpha value is -3.36. The lowest BCUT2D eigenvalue weighted by atomic mass is 10.2. The number of nitrogens with one attached hydrogen (secondary N) is 1. The van der Waals surface area contributed by atoms with Crippen molar-refractivity contribution in [3.63, 3.8) is 0 Å². The number of benzene rings is 1. The van der Waals surface area contributed by atoms with Gasteiger partial charge in [0.25, 0.3) is 5.91 Å². The molecule has 0 atom stereocenters. The average molecular weight is 319 g/mol. The maximum absolute atomic E-state index is 12.0. The Bertz CT molecular complexity index is 730. The lowest BCUT2D eigenvalue weighted by molar-refractivity contribution is -0.402. The second kappa shape index (κ2) is 7.07. The zero-order valence-corrected chi connectivity index (χ0v) is 12.3. The number of hydrogen-bond acceptors (Lipinski definition) is 7. The summed E-state index contributed by atoms with van der Waals surface area (Å²) in [5, 5.41) is 14.2. The van der Waals surface area contributed by atoms with Crippen molar-refractivity contribution in [3.8, 4) is 11.5 Å². The molecule has 9 nitrogen and oxygen atoms in total. The summed E-state index contributed by atoms with van der Waals surface area (Å²) >= 11 is 0. The van der Waals surface area contributed by atoms with Crippen molar-refractivity contribution in [2.75, 3.05) is 14.2 Å². The molecule has 1 aromatic heterocycles. The van der Waals surface area contributed by atoms with Crippen molar-refractivity contribution in [2.24, 2.45) is 5.10 Å². The summed E-state index contributed by atoms with van der Waals surface area (Å²) in [6.45, 7) is 0. The maximum Gasteiger partial charge on any atom is 0.433 e. The van der Waals surface area contributed by atoms with Crippen LogP contribution in [0.25, 0.3) is 0 Å². The van der Waals surface area contributed by atoms with Crippen molar-refractivity contribution in [1.29, 1.82) is 0 Å². The van der Waals surface area contributed by atoms with Gasteiger partial charge < -0.3 is 13.9 Å². The summed E-state index contributed by atoms with van der Waals surface area (Å²) < 4.78 is 15.0. The van der Waals surface area contributed by atoms with Gasteiger partial charge in [0.05, 0.1) is 26.5 Å². The summed E-state index contributed by atoms with van der Waals surface area (Å²) in [7, 11) is 2.94. The second-order valence-corrected chi connectivity index (χ2v) is 4.23. The van der Waals surface area contributed by atoms with E-state index in [2.05, 4.69) is 10.5 Å². The second-order valence-electron chi connectivity index (χ2n) is 4.23. The van der Waals surface area contributed by atoms with Crippen LogP contribution in [0, 0.1) is 10.1 Å². The largest absolute Gasteiger partial charge is 0.497 e. The first-order valence-electron chi connectivity index (χ1n) is 6.34. The zero-order valence-electron chi connectivity index (χ0n) is 12.3. The molecule has 1 N–H and O–H groups in total. The highest BCUT2D eigenvalue weighted by Gasteiger charge is 2.11. The third-order valence-electron chi connectivity index (χ3n) is 2.76. The SMILES string of the molecule is COc1cc(OC)cc(C(=O)NN=Cc2ccc([N+](=O)[O-])o2)c1. The van der Waals surface area contributed by atoms with Crippen LogP contribution >= 0.6 is 0 Å². The summed E-state index contributed by atoms with van der Waals surface area (Å²) in [5.41, 5.74) is 2.56. The van der Waals surface area contributed by atoms with Crippen LogP contribution in [0.1, 0.15) is 16.1 Å². The van der Waals surface area contributed by atoms with Gasteiger partial charge in [-0.25, -0.2) is 5.43 Å². The van der Waals surface area contributed by atoms with Crippen molar-refractivity contribution < 1.29 is 23.6 Å². The molecular weight excluding hydrogens is 306 g/mol. The van der Waals surface area contributed by atoms with Crippen LogP contribution in [0.15, 0.2) is 39.9 Å². The van der Waals surface area contributed by atoms with Gasteiger partial charge in [-0.3, -0.25) is 14.9 Å². The number of furan rings is 1. The van der Waals surface area contributed by atoms with E-state index in [9.17, 15) is 14.9 Å². The number of carbonyl (C=O) groups is 1. The molecule has 0 aliphatic rings. The molecule has 0 saturated heterocycles. The number of nitrogens with zero attached hydrogens (tertiary/aromatic N) is 2. The maximum atomic E-state index is 12.0. The van der Waals surface area contributed by atoms with Gasteiger partial charge in [-0.1, -0.05) is 0 Å². The standard InChI is InChI=1S/C14H13N3O6/c1-21-11-5-9(6-12(7-11)22-2)14(18)16-15-8-10-3-4-13(23-10)17(19)20/h3-8H,1-2H3,(H,16,18). The molecule has 1 heterocycles. The molecule has 0 fully saturated rings. The highest BCUT2D eigenvalue weighted by molar-refractivity contribution is 5.95. The smallest absolute Gasteiger partial charge is 0.433 e. The van der Waals surface area contributed by atoms with Gasteiger partial charge >= 0.3 is 5.88 Å². The third kappa shape index (κ3) is 4.06. The van der Waals surface area contributed by atoms with Gasteiger partial charge in [-0.2, -0.15) is 5.10 Å². The van der Waals surface area contributed by atoms with E-state index in [0.717, 1.165) is 6.21 Å². The molecule has 1 amide bonds. The Morgan fingerprint density at radius 3 is 2.43 bits per heavy atom. The average Bonchev–Trinajstić information content (AvgIpc) is 3.03. The lowest BCUT2D eigenvalue weighted by Gasteiger charge is -2.07. The molecule has 120 valence electrons. The minimum absolute atomic E-state index is 0.139. The zero-order chi connectivity index (χ0) is 16.8. The molecule has 0 aliphatic heterocycles. The Morgan fingerprint density at radius 2 is 1.91 bits per heavy atom. The van der Waals surface area contributed by atoms with E-state index in [1.54, 1.807) is 6.07 Å². The number of hydrazone groups is 1. The summed E-state index contributed by atoms with van der Waals surface area (Å²) in [5.74, 6) is 0.148. The molecule has 0 aliphatic carbocycles. The van der Waals surface area contributed by atoms with Gasteiger partial charge in [-0.05, 0) is 18.2 Å². The van der Waals surface area contributed by atoms with Gasteiger partial charge in [0.1, 0.15) is 16.4 Å². The van der Waals surface area contributed by atoms with Gasteiger partial charge in [0.15, 0.2) is 5.76 Å². The van der Waals surface area contributed by atoms with E-state index in [4.69, 9.17) is 13.9 Å². The molecule has 0 saturated carbocycles. The fourth-order valence-electron chi connectivity index (χ4n) is 1.67. The number of amides is 1. The molecule has 0 radical (unpaired) electrons. The van der Waals surface area contributed by atoms with Crippen LogP contribution in [0.2, 0.25) is 0 Å². The predicted octanol–water partition coefficient (Wildman–Crippen LogP) is 1.97. The fourth-order valence-corrected chi connectivity index (χ4v) is 1.67. The normalized spacial score (nSPS) is 10.5. The number of ether oxygens (including phenoxy) is 2. The van der Waals surface area contributed by atoms with Crippen molar-refractivity contribution in [1.82, 2.24) is 5.43 Å². The minimum atomic E-state index is -0.668. The van der Waals surface area contributed by atoms with E-state index in [0.29, 0.717) is 11.5 Å². The van der Waals surface area contributed by atoms with Crippen LogP contribution in [0.4, 0.5) is 5.88 Å². The van der Waals surface area contributed by atoms with Crippen LogP contribution < -0.4 is 14.9 Å². The number of rotatable bonds is 6. The van der Waals surface area contributed by atoms with Crippen LogP contribution in [0.5, 0.6) is 11.5 Å². The highest BCUT2D eigenvalue weighted by Crippen LogP contribution is 2.22. The molecule has 9 heteroatoms. The first kappa shape index (κ1) is 16.0. The van der Waals surface area contributed by atoms with Crippen LogP contribution in [0.3, 0.4) is 0 Å².